The first kappa shape index (κ1) is 24.6. The number of hydrogen-bond acceptors (Lipinski definition) is 3. The second-order valence-electron chi connectivity index (χ2n) is 8.92. The number of piperidine rings is 1. The minimum atomic E-state index is -1.12. The number of halogens is 2. The van der Waals surface area contributed by atoms with Gasteiger partial charge in [0, 0.05) is 16.0 Å². The Labute approximate surface area is 199 Å². The van der Waals surface area contributed by atoms with Crippen molar-refractivity contribution in [2.45, 2.75) is 64.1 Å². The fourth-order valence-electron chi connectivity index (χ4n) is 5.02. The van der Waals surface area contributed by atoms with Crippen molar-refractivity contribution in [3.8, 4) is 0 Å². The summed E-state index contributed by atoms with van der Waals surface area (Å²) in [5.41, 5.74) is 0.681. The van der Waals surface area contributed by atoms with E-state index in [9.17, 15) is 19.8 Å². The number of likely N-dealkylation sites (tertiary alicyclic amines) is 1. The van der Waals surface area contributed by atoms with Gasteiger partial charge in [-0.05, 0) is 55.2 Å². The van der Waals surface area contributed by atoms with Crippen molar-refractivity contribution in [1.82, 2.24) is 4.90 Å². The third-order valence-corrected chi connectivity index (χ3v) is 6.95. The van der Waals surface area contributed by atoms with Gasteiger partial charge in [-0.3, -0.25) is 9.59 Å². The minimum Gasteiger partial charge on any atom is -0.481 e. The Hall–Kier alpha value is -2.08. The fourth-order valence-corrected chi connectivity index (χ4v) is 5.34. The number of rotatable bonds is 7. The van der Waals surface area contributed by atoms with Gasteiger partial charge in [-0.25, -0.2) is 0 Å². The van der Waals surface area contributed by atoms with Crippen LogP contribution in [0.25, 0.3) is 0 Å². The molecule has 2 aromatic rings. The number of amides is 1. The number of aliphatic hydroxyl groups is 1. The Morgan fingerprint density at radius 2 is 1.81 bits per heavy atom. The van der Waals surface area contributed by atoms with Crippen molar-refractivity contribution in [2.75, 3.05) is 0 Å². The standard InChI is InChI=1S/C25H29Cl2NO4/c1-4-21(15(2)29)28-23(16-8-10-18(26)11-9-16)20(17-6-5-7-19(27)12-17)13-25(3,24(28)32)14-22(30)31/h5-12,15,20-21,23,29H,4,13-14H2,1-3H3,(H,30,31)/t15-,20-,21-,23-,25-/m1/s1. The van der Waals surface area contributed by atoms with Crippen molar-refractivity contribution in [1.29, 1.82) is 0 Å². The maximum atomic E-state index is 13.9. The number of carbonyl (C=O) groups excluding carboxylic acids is 1. The van der Waals surface area contributed by atoms with Gasteiger partial charge in [-0.15, -0.1) is 0 Å². The first-order valence-electron chi connectivity index (χ1n) is 10.8. The Morgan fingerprint density at radius 3 is 2.34 bits per heavy atom. The van der Waals surface area contributed by atoms with Crippen LogP contribution in [0.5, 0.6) is 0 Å². The fraction of sp³-hybridized carbons (Fsp3) is 0.440. The highest BCUT2D eigenvalue weighted by atomic mass is 35.5. The van der Waals surface area contributed by atoms with Crippen LogP contribution in [-0.4, -0.2) is 39.1 Å². The SMILES string of the molecule is CC[C@H]([C@@H](C)O)N1C(=O)[C@@](C)(CC(=O)O)C[C@H](c2cccc(Cl)c2)[C@H]1c1ccc(Cl)cc1. The van der Waals surface area contributed by atoms with Crippen LogP contribution in [0.1, 0.15) is 63.1 Å². The molecule has 1 aliphatic rings. The van der Waals surface area contributed by atoms with Crippen molar-refractivity contribution < 1.29 is 19.8 Å². The first-order chi connectivity index (χ1) is 15.1. The highest BCUT2D eigenvalue weighted by Gasteiger charge is 2.52. The van der Waals surface area contributed by atoms with Crippen LogP contribution in [0.4, 0.5) is 0 Å². The quantitative estimate of drug-likeness (QED) is 0.536. The van der Waals surface area contributed by atoms with Crippen molar-refractivity contribution >= 4 is 35.1 Å². The average Bonchev–Trinajstić information content (AvgIpc) is 2.71. The van der Waals surface area contributed by atoms with Crippen molar-refractivity contribution in [2.24, 2.45) is 5.41 Å². The molecule has 1 saturated heterocycles. The largest absolute Gasteiger partial charge is 0.481 e. The van der Waals surface area contributed by atoms with E-state index in [0.717, 1.165) is 11.1 Å². The van der Waals surface area contributed by atoms with E-state index in [0.29, 0.717) is 22.9 Å². The highest BCUT2D eigenvalue weighted by Crippen LogP contribution is 2.52. The van der Waals surface area contributed by atoms with Gasteiger partial charge < -0.3 is 15.1 Å². The molecule has 1 fully saturated rings. The van der Waals surface area contributed by atoms with Crippen LogP contribution in [0.15, 0.2) is 48.5 Å². The average molecular weight is 478 g/mol. The van der Waals surface area contributed by atoms with E-state index in [1.165, 1.54) is 0 Å². The summed E-state index contributed by atoms with van der Waals surface area (Å²) in [6.45, 7) is 5.29. The van der Waals surface area contributed by atoms with E-state index in [-0.39, 0.29) is 18.2 Å². The van der Waals surface area contributed by atoms with E-state index in [4.69, 9.17) is 23.2 Å². The van der Waals surface area contributed by atoms with Gasteiger partial charge in [0.1, 0.15) is 0 Å². The van der Waals surface area contributed by atoms with E-state index in [1.54, 1.807) is 36.9 Å². The van der Waals surface area contributed by atoms with E-state index < -0.39 is 29.6 Å². The lowest BCUT2D eigenvalue weighted by atomic mass is 9.67. The minimum absolute atomic E-state index is 0.218. The first-order valence-corrected chi connectivity index (χ1v) is 11.6. The van der Waals surface area contributed by atoms with Crippen molar-refractivity contribution in [3.05, 3.63) is 69.7 Å². The van der Waals surface area contributed by atoms with E-state index in [1.807, 2.05) is 37.3 Å². The lowest BCUT2D eigenvalue weighted by molar-refractivity contribution is -0.163. The van der Waals surface area contributed by atoms with Gasteiger partial charge >= 0.3 is 5.97 Å². The summed E-state index contributed by atoms with van der Waals surface area (Å²) in [6.07, 6.45) is -0.202. The molecular weight excluding hydrogens is 449 g/mol. The Kier molecular flexibility index (Phi) is 7.53. The lowest BCUT2D eigenvalue weighted by Gasteiger charge is -2.52. The molecule has 3 rings (SSSR count). The van der Waals surface area contributed by atoms with Crippen LogP contribution >= 0.6 is 23.2 Å². The van der Waals surface area contributed by atoms with Crippen LogP contribution < -0.4 is 0 Å². The Bertz CT molecular complexity index is 978. The predicted molar refractivity (Wildman–Crippen MR) is 126 cm³/mol. The van der Waals surface area contributed by atoms with Crippen molar-refractivity contribution in [3.63, 3.8) is 0 Å². The number of hydrogen-bond donors (Lipinski definition) is 2. The molecule has 1 heterocycles. The molecule has 5 nitrogen and oxygen atoms in total. The van der Waals surface area contributed by atoms with Gasteiger partial charge in [-0.2, -0.15) is 0 Å². The van der Waals surface area contributed by atoms with Crippen LogP contribution in [0.2, 0.25) is 10.0 Å². The number of aliphatic hydroxyl groups excluding tert-OH is 1. The van der Waals surface area contributed by atoms with Crippen LogP contribution in [0.3, 0.4) is 0 Å². The molecule has 1 amide bonds. The van der Waals surface area contributed by atoms with E-state index >= 15 is 0 Å². The summed E-state index contributed by atoms with van der Waals surface area (Å²) < 4.78 is 0. The summed E-state index contributed by atoms with van der Waals surface area (Å²) in [4.78, 5) is 27.3. The molecular formula is C25H29Cl2NO4. The summed E-state index contributed by atoms with van der Waals surface area (Å²) in [5, 5.41) is 21.3. The number of carboxylic acid groups (broad SMARTS) is 1. The number of nitrogens with zero attached hydrogens (tertiary/aromatic N) is 1. The maximum absolute atomic E-state index is 13.9. The molecule has 32 heavy (non-hydrogen) atoms. The van der Waals surface area contributed by atoms with Gasteiger partial charge in [0.05, 0.1) is 30.0 Å². The molecule has 0 unspecified atom stereocenters. The topological polar surface area (TPSA) is 77.8 Å². The zero-order chi connectivity index (χ0) is 23.6. The molecule has 2 N–H and O–H groups in total. The predicted octanol–water partition coefficient (Wildman–Crippen LogP) is 5.69. The summed E-state index contributed by atoms with van der Waals surface area (Å²) in [5.74, 6) is -1.50. The molecule has 5 atom stereocenters. The lowest BCUT2D eigenvalue weighted by Crippen LogP contribution is -2.58. The van der Waals surface area contributed by atoms with Gasteiger partial charge in [0.25, 0.3) is 0 Å². The molecule has 0 radical (unpaired) electrons. The smallest absolute Gasteiger partial charge is 0.304 e. The van der Waals surface area contributed by atoms with Crippen LogP contribution in [0, 0.1) is 5.41 Å². The molecule has 0 spiro atoms. The van der Waals surface area contributed by atoms with Crippen LogP contribution in [-0.2, 0) is 9.59 Å². The monoisotopic (exact) mass is 477 g/mol. The number of aliphatic carboxylic acids is 1. The summed E-state index contributed by atoms with van der Waals surface area (Å²) in [6, 6.07) is 13.9. The molecule has 0 aromatic heterocycles. The van der Waals surface area contributed by atoms with E-state index in [2.05, 4.69) is 0 Å². The molecule has 1 aliphatic heterocycles. The zero-order valence-electron chi connectivity index (χ0n) is 18.5. The molecule has 0 aliphatic carbocycles. The third-order valence-electron chi connectivity index (χ3n) is 6.46. The highest BCUT2D eigenvalue weighted by molar-refractivity contribution is 6.30. The summed E-state index contributed by atoms with van der Waals surface area (Å²) in [7, 11) is 0. The Morgan fingerprint density at radius 1 is 1.16 bits per heavy atom. The molecule has 0 bridgehead atoms. The normalized spacial score (nSPS) is 25.4. The Balaban J connectivity index is 2.25. The molecule has 7 heteroatoms. The molecule has 172 valence electrons. The van der Waals surface area contributed by atoms with Gasteiger partial charge in [0.2, 0.25) is 5.91 Å². The molecule has 2 aromatic carbocycles. The summed E-state index contributed by atoms with van der Waals surface area (Å²) >= 11 is 12.4. The number of benzene rings is 2. The molecule has 0 saturated carbocycles. The second-order valence-corrected chi connectivity index (χ2v) is 9.79. The maximum Gasteiger partial charge on any atom is 0.304 e. The second kappa shape index (κ2) is 9.82. The number of carbonyl (C=O) groups is 2. The van der Waals surface area contributed by atoms with Gasteiger partial charge in [0.15, 0.2) is 0 Å². The number of carboxylic acids is 1. The van der Waals surface area contributed by atoms with Gasteiger partial charge in [-0.1, -0.05) is 61.3 Å². The zero-order valence-corrected chi connectivity index (χ0v) is 20.0. The third kappa shape index (κ3) is 4.95.